The summed E-state index contributed by atoms with van der Waals surface area (Å²) >= 11 is 5.51. The van der Waals surface area contributed by atoms with Crippen molar-refractivity contribution < 1.29 is 8.42 Å². The Morgan fingerprint density at radius 2 is 2.12 bits per heavy atom. The number of hydrogen-bond acceptors (Lipinski definition) is 5. The van der Waals surface area contributed by atoms with Gasteiger partial charge in [-0.05, 0) is 31.6 Å². The molecule has 0 saturated carbocycles. The molecule has 0 spiro atoms. The lowest BCUT2D eigenvalue weighted by Gasteiger charge is -2.12. The van der Waals surface area contributed by atoms with Gasteiger partial charge in [-0.15, -0.1) is 0 Å². The Bertz CT molecular complexity index is 490. The Morgan fingerprint density at radius 3 is 2.65 bits per heavy atom. The summed E-state index contributed by atoms with van der Waals surface area (Å²) in [6, 6.07) is -0.0549. The van der Waals surface area contributed by atoms with Crippen LogP contribution in [0.15, 0.2) is 17.3 Å². The minimum atomic E-state index is -3.54. The van der Waals surface area contributed by atoms with E-state index < -0.39 is 10.0 Å². The van der Waals surface area contributed by atoms with Crippen molar-refractivity contribution in [1.82, 2.24) is 19.6 Å². The maximum Gasteiger partial charge on any atom is 0.243 e. The summed E-state index contributed by atoms with van der Waals surface area (Å²) in [6.45, 7) is 1.61. The van der Waals surface area contributed by atoms with E-state index in [1.807, 2.05) is 7.05 Å². The van der Waals surface area contributed by atoms with Gasteiger partial charge in [0.25, 0.3) is 0 Å². The van der Waals surface area contributed by atoms with Crippen molar-refractivity contribution in [2.75, 3.05) is 20.1 Å². The van der Waals surface area contributed by atoms with Crippen LogP contribution in [0.25, 0.3) is 0 Å². The zero-order valence-electron chi connectivity index (χ0n) is 9.30. The highest BCUT2D eigenvalue weighted by atomic mass is 35.5. The SMILES string of the molecule is CN1CCC(NS(=O)(=O)c2cnc(Cl)nc2)C1. The lowest BCUT2D eigenvalue weighted by Crippen LogP contribution is -2.36. The quantitative estimate of drug-likeness (QED) is 0.794. The fourth-order valence-electron chi connectivity index (χ4n) is 1.76. The summed E-state index contributed by atoms with van der Waals surface area (Å²) in [6.07, 6.45) is 3.22. The van der Waals surface area contributed by atoms with Crippen LogP contribution >= 0.6 is 11.6 Å². The first-order chi connectivity index (χ1) is 7.97. The number of likely N-dealkylation sites (tertiary alicyclic amines) is 1. The largest absolute Gasteiger partial charge is 0.305 e. The van der Waals surface area contributed by atoms with Crippen molar-refractivity contribution in [2.24, 2.45) is 0 Å². The molecular weight excluding hydrogens is 264 g/mol. The lowest BCUT2D eigenvalue weighted by molar-refractivity contribution is 0.407. The summed E-state index contributed by atoms with van der Waals surface area (Å²) in [4.78, 5) is 9.43. The summed E-state index contributed by atoms with van der Waals surface area (Å²) in [5, 5.41) is 0.0320. The number of nitrogens with one attached hydrogen (secondary N) is 1. The highest BCUT2D eigenvalue weighted by Crippen LogP contribution is 2.12. The monoisotopic (exact) mass is 276 g/mol. The molecule has 0 amide bonds. The molecule has 1 aromatic heterocycles. The van der Waals surface area contributed by atoms with Crippen LogP contribution in [0.5, 0.6) is 0 Å². The summed E-state index contributed by atoms with van der Waals surface area (Å²) in [5.74, 6) is 0. The van der Waals surface area contributed by atoms with Crippen LogP contribution in [-0.4, -0.2) is 49.5 Å². The first-order valence-corrected chi connectivity index (χ1v) is 7.02. The van der Waals surface area contributed by atoms with E-state index in [-0.39, 0.29) is 16.2 Å². The Kier molecular flexibility index (Phi) is 3.62. The van der Waals surface area contributed by atoms with Crippen LogP contribution in [0.4, 0.5) is 0 Å². The van der Waals surface area contributed by atoms with Crippen LogP contribution in [-0.2, 0) is 10.0 Å². The Labute approximate surface area is 105 Å². The van der Waals surface area contributed by atoms with E-state index in [9.17, 15) is 8.42 Å². The molecule has 17 heavy (non-hydrogen) atoms. The minimum absolute atomic E-state index is 0.0320. The zero-order valence-corrected chi connectivity index (χ0v) is 10.9. The molecule has 0 bridgehead atoms. The number of sulfonamides is 1. The van der Waals surface area contributed by atoms with Gasteiger partial charge < -0.3 is 4.90 Å². The van der Waals surface area contributed by atoms with Crippen LogP contribution in [0.2, 0.25) is 5.28 Å². The normalized spacial score (nSPS) is 21.9. The van der Waals surface area contributed by atoms with E-state index in [1.165, 1.54) is 12.4 Å². The molecule has 0 aromatic carbocycles. The molecule has 8 heteroatoms. The zero-order chi connectivity index (χ0) is 12.5. The third-order valence-electron chi connectivity index (χ3n) is 2.62. The van der Waals surface area contributed by atoms with Crippen molar-refractivity contribution in [2.45, 2.75) is 17.4 Å². The van der Waals surface area contributed by atoms with E-state index in [2.05, 4.69) is 19.6 Å². The van der Waals surface area contributed by atoms with E-state index >= 15 is 0 Å². The predicted molar refractivity (Wildman–Crippen MR) is 63.3 cm³/mol. The van der Waals surface area contributed by atoms with E-state index in [0.29, 0.717) is 6.54 Å². The van der Waals surface area contributed by atoms with Gasteiger partial charge in [-0.25, -0.2) is 23.1 Å². The number of hydrogen-bond donors (Lipinski definition) is 1. The molecule has 0 aliphatic carbocycles. The Morgan fingerprint density at radius 1 is 1.47 bits per heavy atom. The number of rotatable bonds is 3. The fourth-order valence-corrected chi connectivity index (χ4v) is 3.01. The molecule has 0 radical (unpaired) electrons. The molecule has 2 rings (SSSR count). The predicted octanol–water partition coefficient (Wildman–Crippen LogP) is 0.112. The topological polar surface area (TPSA) is 75.2 Å². The molecule has 1 aromatic rings. The molecule has 1 aliphatic rings. The molecule has 1 atom stereocenters. The van der Waals surface area contributed by atoms with Crippen molar-refractivity contribution in [3.05, 3.63) is 17.7 Å². The fraction of sp³-hybridized carbons (Fsp3) is 0.556. The van der Waals surface area contributed by atoms with E-state index in [1.54, 1.807) is 0 Å². The molecule has 1 saturated heterocycles. The van der Waals surface area contributed by atoms with Crippen LogP contribution in [0.1, 0.15) is 6.42 Å². The van der Waals surface area contributed by atoms with Gasteiger partial charge in [0, 0.05) is 12.6 Å². The number of nitrogens with zero attached hydrogens (tertiary/aromatic N) is 3. The van der Waals surface area contributed by atoms with Crippen LogP contribution < -0.4 is 4.72 Å². The molecule has 94 valence electrons. The second kappa shape index (κ2) is 4.85. The van der Waals surface area contributed by atoms with Gasteiger partial charge in [-0.3, -0.25) is 0 Å². The second-order valence-electron chi connectivity index (χ2n) is 4.06. The number of aromatic nitrogens is 2. The van der Waals surface area contributed by atoms with Crippen LogP contribution in [0.3, 0.4) is 0 Å². The summed E-state index contributed by atoms with van der Waals surface area (Å²) in [7, 11) is -1.59. The van der Waals surface area contributed by atoms with Gasteiger partial charge in [-0.2, -0.15) is 0 Å². The van der Waals surface area contributed by atoms with Gasteiger partial charge in [0.15, 0.2) is 0 Å². The van der Waals surface area contributed by atoms with Gasteiger partial charge in [0.1, 0.15) is 4.90 Å². The second-order valence-corrected chi connectivity index (χ2v) is 6.11. The first-order valence-electron chi connectivity index (χ1n) is 5.16. The van der Waals surface area contributed by atoms with E-state index in [0.717, 1.165) is 13.0 Å². The minimum Gasteiger partial charge on any atom is -0.305 e. The summed E-state index contributed by atoms with van der Waals surface area (Å²) in [5.41, 5.74) is 0. The third kappa shape index (κ3) is 3.12. The lowest BCUT2D eigenvalue weighted by atomic mass is 10.3. The standard InChI is InChI=1S/C9H13ClN4O2S/c1-14-3-2-7(6-14)13-17(15,16)8-4-11-9(10)12-5-8/h4-5,7,13H,2-3,6H2,1H3. The molecule has 1 unspecified atom stereocenters. The highest BCUT2D eigenvalue weighted by molar-refractivity contribution is 7.89. The van der Waals surface area contributed by atoms with Gasteiger partial charge >= 0.3 is 0 Å². The van der Waals surface area contributed by atoms with Crippen molar-refractivity contribution >= 4 is 21.6 Å². The molecule has 1 fully saturated rings. The number of halogens is 1. The van der Waals surface area contributed by atoms with Gasteiger partial charge in [-0.1, -0.05) is 0 Å². The van der Waals surface area contributed by atoms with Crippen molar-refractivity contribution in [3.8, 4) is 0 Å². The van der Waals surface area contributed by atoms with E-state index in [4.69, 9.17) is 11.6 Å². The molecule has 1 aliphatic heterocycles. The van der Waals surface area contributed by atoms with Crippen molar-refractivity contribution in [1.29, 1.82) is 0 Å². The maximum atomic E-state index is 12.0. The highest BCUT2D eigenvalue weighted by Gasteiger charge is 2.25. The third-order valence-corrected chi connectivity index (χ3v) is 4.29. The molecule has 6 nitrogen and oxygen atoms in total. The van der Waals surface area contributed by atoms with Gasteiger partial charge in [0.05, 0.1) is 12.4 Å². The maximum absolute atomic E-state index is 12.0. The molecule has 2 heterocycles. The average Bonchev–Trinajstić information content (AvgIpc) is 2.63. The first kappa shape index (κ1) is 12.7. The van der Waals surface area contributed by atoms with Gasteiger partial charge in [0.2, 0.25) is 15.3 Å². The average molecular weight is 277 g/mol. The van der Waals surface area contributed by atoms with Crippen LogP contribution in [0, 0.1) is 0 Å². The number of likely N-dealkylation sites (N-methyl/N-ethyl adjacent to an activating group) is 1. The Hall–Kier alpha value is -0.760. The summed E-state index contributed by atoms with van der Waals surface area (Å²) < 4.78 is 26.5. The Balaban J connectivity index is 2.11. The smallest absolute Gasteiger partial charge is 0.243 e. The molecular formula is C9H13ClN4O2S. The van der Waals surface area contributed by atoms with Crippen molar-refractivity contribution in [3.63, 3.8) is 0 Å². The molecule has 1 N–H and O–H groups in total.